The summed E-state index contributed by atoms with van der Waals surface area (Å²) in [5.74, 6) is 0.189. The molecule has 0 radical (unpaired) electrons. The molecule has 2 aliphatic rings. The van der Waals surface area contributed by atoms with Crippen LogP contribution in [0.1, 0.15) is 12.8 Å². The van der Waals surface area contributed by atoms with E-state index in [2.05, 4.69) is 0 Å². The van der Waals surface area contributed by atoms with Crippen LogP contribution in [-0.2, 0) is 4.79 Å². The molecule has 2 fully saturated rings. The van der Waals surface area contributed by atoms with Crippen LogP contribution in [0, 0.1) is 17.8 Å². The molecule has 2 rings (SSSR count). The predicted molar refractivity (Wildman–Crippen MR) is 42.6 cm³/mol. The molecule has 0 aromatic carbocycles. The molecule has 0 spiro atoms. The molecule has 11 heavy (non-hydrogen) atoms. The van der Waals surface area contributed by atoms with Gasteiger partial charge in [-0.05, 0) is 24.7 Å². The van der Waals surface area contributed by atoms with Gasteiger partial charge in [0.1, 0.15) is 0 Å². The van der Waals surface area contributed by atoms with E-state index in [4.69, 9.17) is 10.8 Å². The predicted octanol–water partition coefficient (Wildman–Crippen LogP) is 0.476. The lowest BCUT2D eigenvalue weighted by Gasteiger charge is -2.06. The quantitative estimate of drug-likeness (QED) is 0.612. The molecular weight excluding hydrogens is 166 g/mol. The maximum Gasteiger partial charge on any atom is 0.306 e. The van der Waals surface area contributed by atoms with E-state index in [1.807, 2.05) is 0 Å². The van der Waals surface area contributed by atoms with Gasteiger partial charge >= 0.3 is 5.97 Å². The number of carbonyl (C=O) groups is 1. The van der Waals surface area contributed by atoms with Gasteiger partial charge in [0.2, 0.25) is 0 Å². The van der Waals surface area contributed by atoms with E-state index in [1.165, 1.54) is 0 Å². The van der Waals surface area contributed by atoms with Crippen molar-refractivity contribution < 1.29 is 9.90 Å². The molecule has 0 amide bonds. The van der Waals surface area contributed by atoms with Crippen LogP contribution in [-0.4, -0.2) is 17.1 Å². The van der Waals surface area contributed by atoms with Crippen molar-refractivity contribution in [3.8, 4) is 0 Å². The highest BCUT2D eigenvalue weighted by atomic mass is 35.5. The summed E-state index contributed by atoms with van der Waals surface area (Å²) in [7, 11) is 0. The summed E-state index contributed by atoms with van der Waals surface area (Å²) >= 11 is 0. The number of fused-ring (bicyclic) bond motifs is 1. The van der Waals surface area contributed by atoms with Crippen LogP contribution in [0.5, 0.6) is 0 Å². The second-order valence-corrected chi connectivity index (χ2v) is 3.41. The SMILES string of the molecule is Cl.N[C@@H]1C[C@H](C(=O)O)[C@H]2C[C@H]21. The molecule has 0 heterocycles. The molecule has 0 aliphatic heterocycles. The number of hydrogen-bond acceptors (Lipinski definition) is 2. The van der Waals surface area contributed by atoms with Gasteiger partial charge in [-0.25, -0.2) is 0 Å². The van der Waals surface area contributed by atoms with Gasteiger partial charge in [-0.1, -0.05) is 0 Å². The standard InChI is InChI=1S/C7H11NO2.ClH/c8-6-2-5(7(9)10)3-1-4(3)6;/h3-6H,1-2,8H2,(H,9,10);1H/t3-,4+,5-,6+;/m0./s1. The second kappa shape index (κ2) is 2.64. The van der Waals surface area contributed by atoms with Crippen molar-refractivity contribution in [1.29, 1.82) is 0 Å². The van der Waals surface area contributed by atoms with Gasteiger partial charge in [0.05, 0.1) is 5.92 Å². The fourth-order valence-electron chi connectivity index (χ4n) is 2.12. The van der Waals surface area contributed by atoms with Crippen molar-refractivity contribution in [3.05, 3.63) is 0 Å². The minimum Gasteiger partial charge on any atom is -0.481 e. The Labute approximate surface area is 71.4 Å². The Morgan fingerprint density at radius 2 is 2.00 bits per heavy atom. The highest BCUT2D eigenvalue weighted by molar-refractivity contribution is 5.85. The second-order valence-electron chi connectivity index (χ2n) is 3.41. The minimum absolute atomic E-state index is 0. The van der Waals surface area contributed by atoms with Crippen LogP contribution in [0.4, 0.5) is 0 Å². The largest absolute Gasteiger partial charge is 0.481 e. The van der Waals surface area contributed by atoms with Crippen molar-refractivity contribution in [2.24, 2.45) is 23.5 Å². The summed E-state index contributed by atoms with van der Waals surface area (Å²) < 4.78 is 0. The molecule has 0 bridgehead atoms. The number of carboxylic acid groups (broad SMARTS) is 1. The molecule has 0 unspecified atom stereocenters. The first-order chi connectivity index (χ1) is 4.70. The Kier molecular flexibility index (Phi) is 2.12. The zero-order valence-corrected chi connectivity index (χ0v) is 6.88. The fraction of sp³-hybridized carbons (Fsp3) is 0.857. The van der Waals surface area contributed by atoms with Crippen LogP contribution in [0.3, 0.4) is 0 Å². The molecule has 3 nitrogen and oxygen atoms in total. The molecule has 64 valence electrons. The summed E-state index contributed by atoms with van der Waals surface area (Å²) in [5, 5.41) is 8.67. The summed E-state index contributed by atoms with van der Waals surface area (Å²) in [5.41, 5.74) is 5.68. The molecular formula is C7H12ClNO2. The average Bonchev–Trinajstić information content (AvgIpc) is 2.55. The first-order valence-corrected chi connectivity index (χ1v) is 3.68. The van der Waals surface area contributed by atoms with E-state index < -0.39 is 5.97 Å². The summed E-state index contributed by atoms with van der Waals surface area (Å²) in [4.78, 5) is 10.5. The third kappa shape index (κ3) is 1.23. The third-order valence-corrected chi connectivity index (χ3v) is 2.80. The molecule has 0 saturated heterocycles. The van der Waals surface area contributed by atoms with E-state index in [9.17, 15) is 4.79 Å². The zero-order chi connectivity index (χ0) is 7.30. The Hall–Kier alpha value is -0.280. The number of hydrogen-bond donors (Lipinski definition) is 2. The van der Waals surface area contributed by atoms with Crippen molar-refractivity contribution in [1.82, 2.24) is 0 Å². The highest BCUT2D eigenvalue weighted by Crippen LogP contribution is 2.54. The number of nitrogens with two attached hydrogens (primary N) is 1. The van der Waals surface area contributed by atoms with E-state index in [-0.39, 0.29) is 24.4 Å². The van der Waals surface area contributed by atoms with Crippen molar-refractivity contribution in [2.45, 2.75) is 18.9 Å². The van der Waals surface area contributed by atoms with E-state index in [0.29, 0.717) is 18.3 Å². The number of aliphatic carboxylic acids is 1. The smallest absolute Gasteiger partial charge is 0.306 e. The van der Waals surface area contributed by atoms with Gasteiger partial charge in [-0.2, -0.15) is 0 Å². The van der Waals surface area contributed by atoms with E-state index >= 15 is 0 Å². The zero-order valence-electron chi connectivity index (χ0n) is 6.06. The van der Waals surface area contributed by atoms with E-state index in [0.717, 1.165) is 6.42 Å². The molecule has 0 aromatic heterocycles. The topological polar surface area (TPSA) is 63.3 Å². The molecule has 2 saturated carbocycles. The number of halogens is 1. The fourth-order valence-corrected chi connectivity index (χ4v) is 2.12. The molecule has 0 aromatic rings. The summed E-state index contributed by atoms with van der Waals surface area (Å²) in [6.07, 6.45) is 1.75. The van der Waals surface area contributed by atoms with Crippen LogP contribution in [0.2, 0.25) is 0 Å². The van der Waals surface area contributed by atoms with Gasteiger partial charge in [-0.15, -0.1) is 12.4 Å². The Balaban J connectivity index is 0.000000605. The lowest BCUT2D eigenvalue weighted by molar-refractivity contribution is -0.142. The molecule has 3 N–H and O–H groups in total. The van der Waals surface area contributed by atoms with Gasteiger partial charge < -0.3 is 10.8 Å². The Morgan fingerprint density at radius 1 is 1.36 bits per heavy atom. The van der Waals surface area contributed by atoms with Gasteiger partial charge in [0.25, 0.3) is 0 Å². The van der Waals surface area contributed by atoms with Crippen molar-refractivity contribution in [3.63, 3.8) is 0 Å². The van der Waals surface area contributed by atoms with Gasteiger partial charge in [0, 0.05) is 6.04 Å². The highest BCUT2D eigenvalue weighted by Gasteiger charge is 2.55. The molecule has 2 aliphatic carbocycles. The minimum atomic E-state index is -0.652. The Morgan fingerprint density at radius 3 is 2.18 bits per heavy atom. The molecule has 4 heteroatoms. The maximum absolute atomic E-state index is 10.5. The normalized spacial score (nSPS) is 45.9. The van der Waals surface area contributed by atoms with Crippen LogP contribution < -0.4 is 5.73 Å². The first kappa shape index (κ1) is 8.81. The van der Waals surface area contributed by atoms with Crippen molar-refractivity contribution in [2.75, 3.05) is 0 Å². The maximum atomic E-state index is 10.5. The van der Waals surface area contributed by atoms with Crippen molar-refractivity contribution >= 4 is 18.4 Å². The Bertz CT molecular complexity index is 185. The van der Waals surface area contributed by atoms with Crippen LogP contribution >= 0.6 is 12.4 Å². The van der Waals surface area contributed by atoms with Gasteiger partial charge in [0.15, 0.2) is 0 Å². The number of rotatable bonds is 1. The first-order valence-electron chi connectivity index (χ1n) is 3.68. The summed E-state index contributed by atoms with van der Waals surface area (Å²) in [6.45, 7) is 0. The van der Waals surface area contributed by atoms with Gasteiger partial charge in [-0.3, -0.25) is 4.79 Å². The lowest BCUT2D eigenvalue weighted by Crippen LogP contribution is -2.22. The third-order valence-electron chi connectivity index (χ3n) is 2.80. The summed E-state index contributed by atoms with van der Waals surface area (Å²) in [6, 6.07) is 0.172. The van der Waals surface area contributed by atoms with Crippen LogP contribution in [0.25, 0.3) is 0 Å². The number of carboxylic acids is 1. The van der Waals surface area contributed by atoms with Crippen LogP contribution in [0.15, 0.2) is 0 Å². The average molecular weight is 178 g/mol. The van der Waals surface area contributed by atoms with E-state index in [1.54, 1.807) is 0 Å². The monoisotopic (exact) mass is 177 g/mol. The molecule has 4 atom stereocenters. The lowest BCUT2D eigenvalue weighted by atomic mass is 10.0.